The fourth-order valence-corrected chi connectivity index (χ4v) is 4.38. The highest BCUT2D eigenvalue weighted by Crippen LogP contribution is 2.28. The molecule has 0 aliphatic carbocycles. The van der Waals surface area contributed by atoms with Crippen LogP contribution in [0, 0.1) is 0 Å². The molecule has 19 heavy (non-hydrogen) atoms. The van der Waals surface area contributed by atoms with E-state index in [1.54, 1.807) is 18.2 Å². The molecule has 2 rings (SSSR count). The summed E-state index contributed by atoms with van der Waals surface area (Å²) >= 11 is 12.0. The molecule has 1 fully saturated rings. The number of aliphatic hydroxyl groups is 1. The Balaban J connectivity index is 2.17. The summed E-state index contributed by atoms with van der Waals surface area (Å²) in [4.78, 5) is 0. The summed E-state index contributed by atoms with van der Waals surface area (Å²) in [5.41, 5.74) is 0.428. The van der Waals surface area contributed by atoms with E-state index in [9.17, 15) is 13.5 Å². The molecule has 1 aromatic carbocycles. The quantitative estimate of drug-likeness (QED) is 0.928. The van der Waals surface area contributed by atoms with Crippen LogP contribution in [-0.2, 0) is 15.8 Å². The van der Waals surface area contributed by atoms with Crippen molar-refractivity contribution >= 4 is 33.2 Å². The molecule has 1 aliphatic heterocycles. The summed E-state index contributed by atoms with van der Waals surface area (Å²) in [6, 6.07) is 4.93. The van der Waals surface area contributed by atoms with Crippen LogP contribution in [0.3, 0.4) is 0 Å². The van der Waals surface area contributed by atoms with Crippen molar-refractivity contribution in [2.75, 3.05) is 13.1 Å². The van der Waals surface area contributed by atoms with Crippen molar-refractivity contribution in [3.05, 3.63) is 33.8 Å². The number of hydrogen-bond acceptors (Lipinski definition) is 3. The number of nitrogens with zero attached hydrogens (tertiary/aromatic N) is 1. The lowest BCUT2D eigenvalue weighted by molar-refractivity contribution is 0.113. The Kier molecular flexibility index (Phi) is 4.74. The van der Waals surface area contributed by atoms with Gasteiger partial charge in [-0.05, 0) is 25.0 Å². The van der Waals surface area contributed by atoms with E-state index in [1.807, 2.05) is 0 Å². The van der Waals surface area contributed by atoms with E-state index >= 15 is 0 Å². The van der Waals surface area contributed by atoms with Gasteiger partial charge in [-0.1, -0.05) is 29.3 Å². The summed E-state index contributed by atoms with van der Waals surface area (Å²) in [6.45, 7) is 0.678. The summed E-state index contributed by atoms with van der Waals surface area (Å²) in [6.07, 6.45) is 0.528. The molecular weight excluding hydrogens is 309 g/mol. The van der Waals surface area contributed by atoms with Gasteiger partial charge in [0, 0.05) is 28.7 Å². The zero-order chi connectivity index (χ0) is 14.0. The summed E-state index contributed by atoms with van der Waals surface area (Å²) in [5, 5.41) is 10.1. The third-order valence-electron chi connectivity index (χ3n) is 3.21. The van der Waals surface area contributed by atoms with Crippen LogP contribution in [0.5, 0.6) is 0 Å². The van der Waals surface area contributed by atoms with Gasteiger partial charge in [0.2, 0.25) is 10.0 Å². The van der Waals surface area contributed by atoms with Gasteiger partial charge in [0.1, 0.15) is 0 Å². The summed E-state index contributed by atoms with van der Waals surface area (Å²) in [7, 11) is -3.45. The van der Waals surface area contributed by atoms with Crippen molar-refractivity contribution in [2.45, 2.75) is 24.7 Å². The fourth-order valence-electron chi connectivity index (χ4n) is 2.06. The monoisotopic (exact) mass is 323 g/mol. The van der Waals surface area contributed by atoms with Gasteiger partial charge in [-0.3, -0.25) is 0 Å². The third kappa shape index (κ3) is 3.61. The number of aliphatic hydroxyl groups excluding tert-OH is 1. The van der Waals surface area contributed by atoms with Crippen molar-refractivity contribution in [1.29, 1.82) is 0 Å². The van der Waals surface area contributed by atoms with Crippen LogP contribution in [0.2, 0.25) is 10.0 Å². The molecule has 0 saturated carbocycles. The van der Waals surface area contributed by atoms with E-state index < -0.39 is 16.1 Å². The first kappa shape index (κ1) is 15.1. The molecule has 0 unspecified atom stereocenters. The maximum atomic E-state index is 12.3. The van der Waals surface area contributed by atoms with Crippen molar-refractivity contribution in [2.24, 2.45) is 0 Å². The zero-order valence-corrected chi connectivity index (χ0v) is 12.5. The second-order valence-electron chi connectivity index (χ2n) is 4.59. The molecule has 0 atom stereocenters. The molecule has 0 bridgehead atoms. The van der Waals surface area contributed by atoms with E-state index in [-0.39, 0.29) is 5.75 Å². The first-order valence-corrected chi connectivity index (χ1v) is 8.35. The molecule has 1 heterocycles. The van der Waals surface area contributed by atoms with Crippen molar-refractivity contribution in [1.82, 2.24) is 4.31 Å². The normalized spacial score (nSPS) is 18.7. The molecule has 0 aromatic heterocycles. The average Bonchev–Trinajstić information content (AvgIpc) is 2.35. The number of piperidine rings is 1. The van der Waals surface area contributed by atoms with Gasteiger partial charge in [-0.2, -0.15) is 0 Å². The van der Waals surface area contributed by atoms with Gasteiger partial charge in [0.05, 0.1) is 11.9 Å². The second-order valence-corrected chi connectivity index (χ2v) is 7.37. The molecule has 1 N–H and O–H groups in total. The lowest BCUT2D eigenvalue weighted by atomic mass is 10.1. The average molecular weight is 324 g/mol. The SMILES string of the molecule is O=S(=O)(Cc1c(Cl)cccc1Cl)N1CCC(O)CC1. The first-order valence-electron chi connectivity index (χ1n) is 5.99. The third-order valence-corrected chi connectivity index (χ3v) is 5.72. The largest absolute Gasteiger partial charge is 0.393 e. The van der Waals surface area contributed by atoms with Gasteiger partial charge < -0.3 is 5.11 Å². The molecule has 106 valence electrons. The van der Waals surface area contributed by atoms with Crippen molar-refractivity contribution in [3.63, 3.8) is 0 Å². The second kappa shape index (κ2) is 5.97. The van der Waals surface area contributed by atoms with E-state index in [1.165, 1.54) is 4.31 Å². The summed E-state index contributed by atoms with van der Waals surface area (Å²) in [5.74, 6) is -0.207. The van der Waals surface area contributed by atoms with Gasteiger partial charge in [-0.25, -0.2) is 12.7 Å². The minimum atomic E-state index is -3.45. The number of hydrogen-bond donors (Lipinski definition) is 1. The smallest absolute Gasteiger partial charge is 0.218 e. The van der Waals surface area contributed by atoms with Gasteiger partial charge in [0.15, 0.2) is 0 Å². The minimum Gasteiger partial charge on any atom is -0.393 e. The molecule has 1 aliphatic rings. The maximum Gasteiger partial charge on any atom is 0.218 e. The number of sulfonamides is 1. The molecule has 0 spiro atoms. The van der Waals surface area contributed by atoms with E-state index in [0.29, 0.717) is 41.5 Å². The van der Waals surface area contributed by atoms with Crippen LogP contribution in [-0.4, -0.2) is 37.0 Å². The highest BCUT2D eigenvalue weighted by molar-refractivity contribution is 7.88. The Morgan fingerprint density at radius 1 is 1.21 bits per heavy atom. The van der Waals surface area contributed by atoms with Gasteiger partial charge >= 0.3 is 0 Å². The predicted molar refractivity (Wildman–Crippen MR) is 75.9 cm³/mol. The van der Waals surface area contributed by atoms with Crippen LogP contribution in [0.4, 0.5) is 0 Å². The Labute approximate surface area is 123 Å². The van der Waals surface area contributed by atoms with Crippen LogP contribution in [0.1, 0.15) is 18.4 Å². The van der Waals surface area contributed by atoms with Crippen LogP contribution < -0.4 is 0 Å². The highest BCUT2D eigenvalue weighted by Gasteiger charge is 2.28. The van der Waals surface area contributed by atoms with Crippen LogP contribution in [0.15, 0.2) is 18.2 Å². The van der Waals surface area contributed by atoms with E-state index in [4.69, 9.17) is 23.2 Å². The lowest BCUT2D eigenvalue weighted by Crippen LogP contribution is -2.40. The standard InChI is InChI=1S/C12H15Cl2NO3S/c13-11-2-1-3-12(14)10(11)8-19(17,18)15-6-4-9(16)5-7-15/h1-3,9,16H,4-8H2. The van der Waals surface area contributed by atoms with Crippen molar-refractivity contribution in [3.8, 4) is 0 Å². The fraction of sp³-hybridized carbons (Fsp3) is 0.500. The minimum absolute atomic E-state index is 0.207. The zero-order valence-electron chi connectivity index (χ0n) is 10.2. The number of rotatable bonds is 3. The maximum absolute atomic E-state index is 12.3. The first-order chi connectivity index (χ1) is 8.90. The molecule has 1 aromatic rings. The van der Waals surface area contributed by atoms with Gasteiger partial charge in [0.25, 0.3) is 0 Å². The van der Waals surface area contributed by atoms with Crippen molar-refractivity contribution < 1.29 is 13.5 Å². The Hall–Kier alpha value is -0.330. The Morgan fingerprint density at radius 2 is 1.74 bits per heavy atom. The molecule has 4 nitrogen and oxygen atoms in total. The van der Waals surface area contributed by atoms with Gasteiger partial charge in [-0.15, -0.1) is 0 Å². The molecule has 7 heteroatoms. The topological polar surface area (TPSA) is 57.6 Å². The van der Waals surface area contributed by atoms with E-state index in [2.05, 4.69) is 0 Å². The molecule has 1 saturated heterocycles. The van der Waals surface area contributed by atoms with E-state index in [0.717, 1.165) is 0 Å². The van der Waals surface area contributed by atoms with Crippen LogP contribution >= 0.6 is 23.2 Å². The Morgan fingerprint density at radius 3 is 2.26 bits per heavy atom. The number of halogens is 2. The predicted octanol–water partition coefficient (Wildman–Crippen LogP) is 2.28. The molecule has 0 radical (unpaired) electrons. The molecular formula is C12H15Cl2NO3S. The lowest BCUT2D eigenvalue weighted by Gasteiger charge is -2.29. The van der Waals surface area contributed by atoms with Crippen LogP contribution in [0.25, 0.3) is 0 Å². The Bertz CT molecular complexity index is 534. The summed E-state index contributed by atoms with van der Waals surface area (Å²) < 4.78 is 26.0. The highest BCUT2D eigenvalue weighted by atomic mass is 35.5. The molecule has 0 amide bonds. The number of benzene rings is 1.